The Hall–Kier alpha value is -7.04. The van der Waals surface area contributed by atoms with Crippen molar-refractivity contribution in [2.45, 2.75) is 71.8 Å². The molecule has 0 radical (unpaired) electrons. The van der Waals surface area contributed by atoms with Crippen LogP contribution < -0.4 is 25.6 Å². The Balaban J connectivity index is 0.857. The number of urea groups is 1. The molecule has 5 N–H and O–H groups in total. The zero-order chi connectivity index (χ0) is 48.3. The summed E-state index contributed by atoms with van der Waals surface area (Å²) in [6.07, 6.45) is 6.38. The van der Waals surface area contributed by atoms with Crippen molar-refractivity contribution in [3.8, 4) is 28.3 Å². The smallest absolute Gasteiger partial charge is 0.328 e. The van der Waals surface area contributed by atoms with Crippen LogP contribution in [0.3, 0.4) is 0 Å². The first kappa shape index (κ1) is 47.5. The molecular formula is C52H56F2N8O6. The number of fused-ring (bicyclic) bond motifs is 1. The van der Waals surface area contributed by atoms with Gasteiger partial charge in [0.25, 0.3) is 11.8 Å². The normalized spacial score (nSPS) is 15.3. The van der Waals surface area contributed by atoms with E-state index in [9.17, 15) is 24.3 Å². The number of aliphatic hydroxyl groups is 1. The quantitative estimate of drug-likeness (QED) is 0.0673. The number of aromatic nitrogens is 3. The van der Waals surface area contributed by atoms with E-state index in [0.717, 1.165) is 69.1 Å². The Morgan fingerprint density at radius 3 is 2.40 bits per heavy atom. The van der Waals surface area contributed by atoms with Crippen LogP contribution >= 0.6 is 0 Å². The number of likely N-dealkylation sites (tertiary alicyclic amines) is 1. The molecule has 68 heavy (non-hydrogen) atoms. The molecule has 2 saturated heterocycles. The summed E-state index contributed by atoms with van der Waals surface area (Å²) in [6, 6.07) is 21.2. The number of aromatic amines is 1. The van der Waals surface area contributed by atoms with E-state index < -0.39 is 29.2 Å². The molecule has 2 aromatic heterocycles. The third-order valence-electron chi connectivity index (χ3n) is 13.6. The number of rotatable bonds is 15. The average molecular weight is 927 g/mol. The van der Waals surface area contributed by atoms with Gasteiger partial charge in [0.05, 0.1) is 29.7 Å². The lowest BCUT2D eigenvalue weighted by atomic mass is 9.73. The highest BCUT2D eigenvalue weighted by Gasteiger charge is 2.33. The number of anilines is 2. The molecule has 6 aromatic rings. The van der Waals surface area contributed by atoms with Crippen LogP contribution in [-0.2, 0) is 16.8 Å². The number of H-pyrrole nitrogens is 1. The lowest BCUT2D eigenvalue weighted by molar-refractivity contribution is -0.120. The van der Waals surface area contributed by atoms with Gasteiger partial charge >= 0.3 is 6.03 Å². The molecule has 0 saturated carbocycles. The molecule has 0 spiro atoms. The van der Waals surface area contributed by atoms with Crippen LogP contribution in [0.1, 0.15) is 90.3 Å². The number of halogens is 2. The summed E-state index contributed by atoms with van der Waals surface area (Å²) in [7, 11) is 1.50. The topological polar surface area (TPSA) is 182 Å². The summed E-state index contributed by atoms with van der Waals surface area (Å²) in [5.41, 5.74) is 4.88. The van der Waals surface area contributed by atoms with E-state index in [-0.39, 0.29) is 41.4 Å². The Labute approximate surface area is 393 Å². The summed E-state index contributed by atoms with van der Waals surface area (Å²) in [4.78, 5) is 67.0. The van der Waals surface area contributed by atoms with Gasteiger partial charge in [0, 0.05) is 53.9 Å². The molecule has 2 aliphatic rings. The molecule has 4 heterocycles. The molecule has 16 heteroatoms. The number of ether oxygens (including phenoxy) is 1. The maximum Gasteiger partial charge on any atom is 0.328 e. The number of hydrogen-bond acceptors (Lipinski definition) is 9. The van der Waals surface area contributed by atoms with Crippen LogP contribution in [-0.4, -0.2) is 88.5 Å². The van der Waals surface area contributed by atoms with Gasteiger partial charge in [-0.3, -0.25) is 24.6 Å². The van der Waals surface area contributed by atoms with Crippen LogP contribution in [0.2, 0.25) is 0 Å². The third kappa shape index (κ3) is 10.3. The number of amides is 5. The number of carbonyl (C=O) groups is 4. The predicted octanol–water partition coefficient (Wildman–Crippen LogP) is 8.67. The Morgan fingerprint density at radius 1 is 0.941 bits per heavy atom. The first-order chi connectivity index (χ1) is 32.5. The number of methoxy groups -OCH3 is 1. The Kier molecular flexibility index (Phi) is 13.7. The number of nitrogens with zero attached hydrogens (tertiary/aromatic N) is 4. The van der Waals surface area contributed by atoms with E-state index >= 15 is 8.78 Å². The van der Waals surface area contributed by atoms with E-state index in [4.69, 9.17) is 4.74 Å². The summed E-state index contributed by atoms with van der Waals surface area (Å²) in [6.45, 7) is 10.6. The molecule has 14 nitrogen and oxygen atoms in total. The molecule has 4 aromatic carbocycles. The van der Waals surface area contributed by atoms with Crippen molar-refractivity contribution in [2.24, 2.45) is 5.41 Å². The molecule has 2 fully saturated rings. The molecule has 0 bridgehead atoms. The Morgan fingerprint density at radius 2 is 1.71 bits per heavy atom. The van der Waals surface area contributed by atoms with Gasteiger partial charge < -0.3 is 30.4 Å². The van der Waals surface area contributed by atoms with Gasteiger partial charge in [0.1, 0.15) is 29.4 Å². The fourth-order valence-corrected chi connectivity index (χ4v) is 9.18. The van der Waals surface area contributed by atoms with E-state index in [1.165, 1.54) is 62.0 Å². The molecule has 0 unspecified atom stereocenters. The maximum absolute atomic E-state index is 15.2. The van der Waals surface area contributed by atoms with Crippen molar-refractivity contribution in [1.82, 2.24) is 30.5 Å². The van der Waals surface area contributed by atoms with Crippen molar-refractivity contribution in [3.05, 3.63) is 125 Å². The van der Waals surface area contributed by atoms with Crippen molar-refractivity contribution in [3.63, 3.8) is 0 Å². The molecule has 354 valence electrons. The van der Waals surface area contributed by atoms with Crippen LogP contribution in [0.15, 0.2) is 85.2 Å². The molecule has 0 atom stereocenters. The summed E-state index contributed by atoms with van der Waals surface area (Å²) in [5, 5.41) is 19.0. The lowest BCUT2D eigenvalue weighted by Gasteiger charge is -2.41. The third-order valence-corrected chi connectivity index (χ3v) is 13.6. The summed E-state index contributed by atoms with van der Waals surface area (Å²) in [5.74, 6) is -2.30. The fourth-order valence-electron chi connectivity index (χ4n) is 9.18. The van der Waals surface area contributed by atoms with Gasteiger partial charge in [-0.05, 0) is 136 Å². The minimum absolute atomic E-state index is 0.123. The average Bonchev–Trinajstić information content (AvgIpc) is 3.77. The number of nitrogens with one attached hydrogen (secondary N) is 4. The highest BCUT2D eigenvalue weighted by Crippen LogP contribution is 2.39. The number of benzene rings is 4. The lowest BCUT2D eigenvalue weighted by Crippen LogP contribution is -2.49. The number of piperidine rings is 1. The zero-order valence-electron chi connectivity index (χ0n) is 38.9. The summed E-state index contributed by atoms with van der Waals surface area (Å²) >= 11 is 0. The largest absolute Gasteiger partial charge is 0.495 e. The number of carbonyl (C=O) groups excluding carboxylic acids is 4. The minimum Gasteiger partial charge on any atom is -0.495 e. The van der Waals surface area contributed by atoms with E-state index in [1.54, 1.807) is 25.1 Å². The standard InChI is InChI=1S/C52H56F2N8O6/c1-6-52(17-20-55-48(64)34-11-14-44(68-5)43(25-34)62-22-16-45(63)60-50(62)66)18-23-61(24-19-52)21-15-32-7-9-33(10-8-32)42-29-39-46(56-30-57-47(39)58-42)38-27-36(53)28-41(31(38)2)59-49(65)37-13-12-35(26-40(37)54)51(3,4)67/h7-14,25-30,67H,6,15-24H2,1-5H3,(H,55,64)(H,59,65)(H,56,57,58)(H,60,63,66). The van der Waals surface area contributed by atoms with Crippen molar-refractivity contribution in [1.29, 1.82) is 0 Å². The van der Waals surface area contributed by atoms with Gasteiger partial charge in [0.15, 0.2) is 0 Å². The highest BCUT2D eigenvalue weighted by molar-refractivity contribution is 6.07. The van der Waals surface area contributed by atoms with E-state index in [0.29, 0.717) is 57.0 Å². The van der Waals surface area contributed by atoms with E-state index in [1.807, 2.05) is 6.07 Å². The second kappa shape index (κ2) is 19.7. The first-order valence-corrected chi connectivity index (χ1v) is 22.9. The summed E-state index contributed by atoms with van der Waals surface area (Å²) < 4.78 is 35.7. The second-order valence-corrected chi connectivity index (χ2v) is 18.3. The minimum atomic E-state index is -1.29. The van der Waals surface area contributed by atoms with Gasteiger partial charge in [0.2, 0.25) is 5.91 Å². The van der Waals surface area contributed by atoms with Crippen LogP contribution in [0.4, 0.5) is 25.0 Å². The van der Waals surface area contributed by atoms with Crippen molar-refractivity contribution < 1.29 is 37.8 Å². The van der Waals surface area contributed by atoms with E-state index in [2.05, 4.69) is 67.0 Å². The molecule has 5 amide bonds. The number of imide groups is 1. The predicted molar refractivity (Wildman–Crippen MR) is 257 cm³/mol. The van der Waals surface area contributed by atoms with Crippen LogP contribution in [0.25, 0.3) is 33.5 Å². The zero-order valence-corrected chi connectivity index (χ0v) is 38.9. The first-order valence-electron chi connectivity index (χ1n) is 22.9. The highest BCUT2D eigenvalue weighted by atomic mass is 19.1. The molecule has 0 aliphatic carbocycles. The van der Waals surface area contributed by atoms with Crippen LogP contribution in [0.5, 0.6) is 5.75 Å². The van der Waals surface area contributed by atoms with Gasteiger partial charge in [-0.25, -0.2) is 23.5 Å². The van der Waals surface area contributed by atoms with Crippen molar-refractivity contribution in [2.75, 3.05) is 50.1 Å². The molecule has 8 rings (SSSR count). The monoisotopic (exact) mass is 926 g/mol. The van der Waals surface area contributed by atoms with Crippen LogP contribution in [0, 0.1) is 24.0 Å². The molecule has 2 aliphatic heterocycles. The van der Waals surface area contributed by atoms with Crippen molar-refractivity contribution >= 4 is 46.2 Å². The Bertz CT molecular complexity index is 2890. The van der Waals surface area contributed by atoms with Gasteiger partial charge in [-0.15, -0.1) is 0 Å². The van der Waals surface area contributed by atoms with Gasteiger partial charge in [-0.2, -0.15) is 0 Å². The maximum atomic E-state index is 15.2. The number of hydrogen-bond donors (Lipinski definition) is 5. The SMILES string of the molecule is CCC1(CCNC(=O)c2ccc(OC)c(N3CCC(=O)NC3=O)c2)CCN(CCc2ccc(-c3cc4c(-c5cc(F)cc(NC(=O)c6ccc(C(C)(C)O)cc6F)c5C)ncnc4[nH]3)cc2)CC1. The second-order valence-electron chi connectivity index (χ2n) is 18.3. The van der Waals surface area contributed by atoms with Gasteiger partial charge in [-0.1, -0.05) is 43.7 Å². The fraction of sp³-hybridized carbons (Fsp3) is 0.346. The molecular weight excluding hydrogens is 871 g/mol.